The number of imidazole rings is 1. The zero-order chi connectivity index (χ0) is 16.1. The molecule has 2 N–H and O–H groups in total. The van der Waals surface area contributed by atoms with Crippen molar-refractivity contribution in [3.8, 4) is 0 Å². The van der Waals surface area contributed by atoms with Crippen molar-refractivity contribution in [3.05, 3.63) is 29.6 Å². The van der Waals surface area contributed by atoms with Gasteiger partial charge in [-0.3, -0.25) is 4.79 Å². The van der Waals surface area contributed by atoms with Crippen LogP contribution in [0.5, 0.6) is 0 Å². The Morgan fingerprint density at radius 3 is 3.22 bits per heavy atom. The summed E-state index contributed by atoms with van der Waals surface area (Å²) < 4.78 is 5.66. The van der Waals surface area contributed by atoms with Crippen LogP contribution in [0.1, 0.15) is 30.7 Å². The van der Waals surface area contributed by atoms with E-state index in [9.17, 15) is 4.79 Å². The summed E-state index contributed by atoms with van der Waals surface area (Å²) in [5, 5.41) is 2.92. The molecule has 124 valence electrons. The lowest BCUT2D eigenvalue weighted by Gasteiger charge is -2.21. The Bertz CT molecular complexity index is 665. The van der Waals surface area contributed by atoms with Crippen molar-refractivity contribution in [2.24, 2.45) is 0 Å². The van der Waals surface area contributed by atoms with Gasteiger partial charge in [0.15, 0.2) is 0 Å². The maximum Gasteiger partial charge on any atom is 0.230 e. The van der Waals surface area contributed by atoms with Crippen molar-refractivity contribution >= 4 is 28.7 Å². The Labute approximate surface area is 140 Å². The molecule has 1 fully saturated rings. The molecule has 1 amide bonds. The van der Waals surface area contributed by atoms with Crippen molar-refractivity contribution in [2.45, 2.75) is 38.8 Å². The second kappa shape index (κ2) is 7.84. The fourth-order valence-corrected chi connectivity index (χ4v) is 3.65. The Morgan fingerprint density at radius 1 is 1.48 bits per heavy atom. The van der Waals surface area contributed by atoms with Gasteiger partial charge in [0.05, 0.1) is 29.4 Å². The molecule has 1 aromatic carbocycles. The lowest BCUT2D eigenvalue weighted by molar-refractivity contribution is -0.118. The van der Waals surface area contributed by atoms with Gasteiger partial charge in [-0.05, 0) is 43.9 Å². The van der Waals surface area contributed by atoms with Crippen LogP contribution < -0.4 is 5.32 Å². The second-order valence-electron chi connectivity index (χ2n) is 5.98. The molecular weight excluding hydrogens is 310 g/mol. The van der Waals surface area contributed by atoms with Gasteiger partial charge in [0.1, 0.15) is 5.82 Å². The number of amides is 1. The molecule has 0 saturated carbocycles. The van der Waals surface area contributed by atoms with E-state index in [0.29, 0.717) is 18.4 Å². The van der Waals surface area contributed by atoms with Gasteiger partial charge in [0, 0.05) is 12.4 Å². The van der Waals surface area contributed by atoms with Crippen LogP contribution in [-0.4, -0.2) is 40.1 Å². The molecule has 0 unspecified atom stereocenters. The maximum absolute atomic E-state index is 11.9. The maximum atomic E-state index is 11.9. The minimum atomic E-state index is 0.0439. The number of carbonyl (C=O) groups excluding carboxylic acids is 1. The average Bonchev–Trinajstić information content (AvgIpc) is 2.96. The highest BCUT2D eigenvalue weighted by molar-refractivity contribution is 7.99. The molecule has 1 aromatic heterocycles. The highest BCUT2D eigenvalue weighted by atomic mass is 32.2. The van der Waals surface area contributed by atoms with Crippen LogP contribution in [0.25, 0.3) is 11.0 Å². The standard InChI is InChI=1S/C17H23N3O2S/c1-12-5-6-14-15(8-12)20-16(19-14)9-18-17(21)11-23-10-13-4-2-3-7-22-13/h5-6,8,13H,2-4,7,9-11H2,1H3,(H,18,21)(H,19,20)/t13-/m1/s1. The number of nitrogens with zero attached hydrogens (tertiary/aromatic N) is 1. The zero-order valence-electron chi connectivity index (χ0n) is 13.4. The van der Waals surface area contributed by atoms with E-state index < -0.39 is 0 Å². The summed E-state index contributed by atoms with van der Waals surface area (Å²) in [4.78, 5) is 19.6. The van der Waals surface area contributed by atoms with Crippen molar-refractivity contribution in [1.82, 2.24) is 15.3 Å². The van der Waals surface area contributed by atoms with Gasteiger partial charge >= 0.3 is 0 Å². The normalized spacial score (nSPS) is 18.2. The van der Waals surface area contributed by atoms with Crippen molar-refractivity contribution < 1.29 is 9.53 Å². The quantitative estimate of drug-likeness (QED) is 0.853. The van der Waals surface area contributed by atoms with Gasteiger partial charge in [-0.25, -0.2) is 4.98 Å². The number of rotatable bonds is 6. The lowest BCUT2D eigenvalue weighted by Crippen LogP contribution is -2.27. The van der Waals surface area contributed by atoms with E-state index >= 15 is 0 Å². The molecule has 6 heteroatoms. The molecule has 1 aliphatic rings. The first-order valence-corrected chi connectivity index (χ1v) is 9.27. The number of hydrogen-bond donors (Lipinski definition) is 2. The summed E-state index contributed by atoms with van der Waals surface area (Å²) in [6.07, 6.45) is 3.84. The number of nitrogens with one attached hydrogen (secondary N) is 2. The molecule has 0 spiro atoms. The predicted molar refractivity (Wildman–Crippen MR) is 93.6 cm³/mol. The van der Waals surface area contributed by atoms with Crippen LogP contribution >= 0.6 is 11.8 Å². The Balaban J connectivity index is 1.40. The molecule has 1 atom stereocenters. The number of hydrogen-bond acceptors (Lipinski definition) is 4. The van der Waals surface area contributed by atoms with Gasteiger partial charge in [0.25, 0.3) is 0 Å². The second-order valence-corrected chi connectivity index (χ2v) is 7.01. The molecule has 2 aromatic rings. The minimum absolute atomic E-state index is 0.0439. The van der Waals surface area contributed by atoms with Crippen LogP contribution in [0.2, 0.25) is 0 Å². The molecule has 0 bridgehead atoms. The third-order valence-corrected chi connectivity index (χ3v) is 5.02. The molecule has 1 saturated heterocycles. The van der Waals surface area contributed by atoms with Crippen LogP contribution in [0, 0.1) is 6.92 Å². The molecule has 1 aliphatic heterocycles. The summed E-state index contributed by atoms with van der Waals surface area (Å²) >= 11 is 1.64. The highest BCUT2D eigenvalue weighted by Crippen LogP contribution is 2.17. The summed E-state index contributed by atoms with van der Waals surface area (Å²) in [5.74, 6) is 2.21. The summed E-state index contributed by atoms with van der Waals surface area (Å²) in [6.45, 7) is 3.35. The first kappa shape index (κ1) is 16.3. The molecule has 0 radical (unpaired) electrons. The van der Waals surface area contributed by atoms with Crippen LogP contribution in [0.4, 0.5) is 0 Å². The lowest BCUT2D eigenvalue weighted by atomic mass is 10.1. The topological polar surface area (TPSA) is 67.0 Å². The van der Waals surface area contributed by atoms with Gasteiger partial charge < -0.3 is 15.0 Å². The fourth-order valence-electron chi connectivity index (χ4n) is 2.72. The third kappa shape index (κ3) is 4.72. The van der Waals surface area contributed by atoms with Crippen molar-refractivity contribution in [2.75, 3.05) is 18.1 Å². The first-order chi connectivity index (χ1) is 11.2. The van der Waals surface area contributed by atoms with Gasteiger partial charge in [-0.2, -0.15) is 0 Å². The SMILES string of the molecule is Cc1ccc2nc(CNC(=O)CSC[C@H]3CCCCO3)[nH]c2c1. The zero-order valence-corrected chi connectivity index (χ0v) is 14.2. The van der Waals surface area contributed by atoms with E-state index in [1.807, 2.05) is 12.1 Å². The average molecular weight is 333 g/mol. The fraction of sp³-hybridized carbons (Fsp3) is 0.529. The van der Waals surface area contributed by atoms with Crippen molar-refractivity contribution in [3.63, 3.8) is 0 Å². The first-order valence-electron chi connectivity index (χ1n) is 8.12. The Hall–Kier alpha value is -1.53. The molecule has 23 heavy (non-hydrogen) atoms. The number of carbonyl (C=O) groups is 1. The van der Waals surface area contributed by atoms with Crippen LogP contribution in [0.3, 0.4) is 0 Å². The van der Waals surface area contributed by atoms with Gasteiger partial charge in [-0.1, -0.05) is 6.07 Å². The van der Waals surface area contributed by atoms with Crippen LogP contribution in [0.15, 0.2) is 18.2 Å². The number of aromatic amines is 1. The van der Waals surface area contributed by atoms with Gasteiger partial charge in [-0.15, -0.1) is 11.8 Å². The number of H-pyrrole nitrogens is 1. The van der Waals surface area contributed by atoms with E-state index in [1.165, 1.54) is 18.4 Å². The smallest absolute Gasteiger partial charge is 0.230 e. The van der Waals surface area contributed by atoms with Crippen molar-refractivity contribution in [1.29, 1.82) is 0 Å². The van der Waals surface area contributed by atoms with E-state index in [1.54, 1.807) is 11.8 Å². The molecular formula is C17H23N3O2S. The van der Waals surface area contributed by atoms with E-state index in [2.05, 4.69) is 28.3 Å². The van der Waals surface area contributed by atoms with E-state index in [0.717, 1.165) is 35.6 Å². The van der Waals surface area contributed by atoms with E-state index in [4.69, 9.17) is 4.74 Å². The summed E-state index contributed by atoms with van der Waals surface area (Å²) in [5.41, 5.74) is 3.14. The minimum Gasteiger partial charge on any atom is -0.377 e. The monoisotopic (exact) mass is 333 g/mol. The van der Waals surface area contributed by atoms with Crippen LogP contribution in [-0.2, 0) is 16.1 Å². The number of ether oxygens (including phenoxy) is 1. The number of aromatic nitrogens is 2. The molecule has 2 heterocycles. The van der Waals surface area contributed by atoms with Gasteiger partial charge in [0.2, 0.25) is 5.91 Å². The third-order valence-electron chi connectivity index (χ3n) is 3.95. The Morgan fingerprint density at radius 2 is 2.39 bits per heavy atom. The number of benzene rings is 1. The Kier molecular flexibility index (Phi) is 5.56. The highest BCUT2D eigenvalue weighted by Gasteiger charge is 2.14. The molecule has 3 rings (SSSR count). The number of thioether (sulfide) groups is 1. The summed E-state index contributed by atoms with van der Waals surface area (Å²) in [6, 6.07) is 6.09. The number of fused-ring (bicyclic) bond motifs is 1. The largest absolute Gasteiger partial charge is 0.377 e. The van der Waals surface area contributed by atoms with E-state index in [-0.39, 0.29) is 5.91 Å². The summed E-state index contributed by atoms with van der Waals surface area (Å²) in [7, 11) is 0. The number of aryl methyl sites for hydroxylation is 1. The molecule has 0 aliphatic carbocycles. The molecule has 5 nitrogen and oxygen atoms in total. The predicted octanol–water partition coefficient (Wildman–Crippen LogP) is 2.79.